The molecule has 0 atom stereocenters. The molecule has 18 heavy (non-hydrogen) atoms. The Kier molecular flexibility index (Phi) is 14.5. The van der Waals surface area contributed by atoms with Crippen molar-refractivity contribution in [2.24, 2.45) is 0 Å². The van der Waals surface area contributed by atoms with Crippen molar-refractivity contribution >= 4 is 16.9 Å². The number of hydrogen-bond acceptors (Lipinski definition) is 4. The minimum atomic E-state index is -2.37. The summed E-state index contributed by atoms with van der Waals surface area (Å²) in [5.74, 6) is 0. The lowest BCUT2D eigenvalue weighted by molar-refractivity contribution is 0.0707. The van der Waals surface area contributed by atoms with Gasteiger partial charge in [0.15, 0.2) is 8.32 Å². The lowest BCUT2D eigenvalue weighted by Gasteiger charge is -2.29. The standard InChI is InChI=1S/C10H26O4Si2.2CH4/c1-12-8-9-13-7-6-10-15(2,3)14-16(4,5)11;;/h11H,6-10H2,1-5H3;2*1H4. The molecule has 0 aliphatic rings. The summed E-state index contributed by atoms with van der Waals surface area (Å²) in [7, 11) is -2.41. The van der Waals surface area contributed by atoms with Gasteiger partial charge in [0.25, 0.3) is 0 Å². The molecule has 0 amide bonds. The molecule has 0 radical (unpaired) electrons. The lowest BCUT2D eigenvalue weighted by atomic mass is 10.5. The molecule has 0 heterocycles. The van der Waals surface area contributed by atoms with Crippen molar-refractivity contribution in [1.82, 2.24) is 0 Å². The Bertz CT molecular complexity index is 181. The molecule has 0 unspecified atom stereocenters. The van der Waals surface area contributed by atoms with Gasteiger partial charge in [-0.25, -0.2) is 0 Å². The van der Waals surface area contributed by atoms with Crippen LogP contribution in [0.15, 0.2) is 0 Å². The van der Waals surface area contributed by atoms with Crippen molar-refractivity contribution in [3.05, 3.63) is 0 Å². The first-order valence-electron chi connectivity index (χ1n) is 5.76. The fourth-order valence-electron chi connectivity index (χ4n) is 1.57. The summed E-state index contributed by atoms with van der Waals surface area (Å²) < 4.78 is 16.1. The summed E-state index contributed by atoms with van der Waals surface area (Å²) in [5, 5.41) is 0. The number of methoxy groups -OCH3 is 1. The summed E-state index contributed by atoms with van der Waals surface area (Å²) in [4.78, 5) is 9.73. The van der Waals surface area contributed by atoms with Gasteiger partial charge < -0.3 is 18.4 Å². The van der Waals surface area contributed by atoms with Crippen LogP contribution in [-0.4, -0.2) is 48.6 Å². The SMILES string of the molecule is C.C.COCCOCCC[Si](C)(C)O[Si](C)(C)O. The van der Waals surface area contributed by atoms with Crippen molar-refractivity contribution in [1.29, 1.82) is 0 Å². The maximum Gasteiger partial charge on any atom is 0.318 e. The zero-order chi connectivity index (χ0) is 12.7. The van der Waals surface area contributed by atoms with Crippen LogP contribution in [0.25, 0.3) is 0 Å². The van der Waals surface area contributed by atoms with E-state index in [1.165, 1.54) is 0 Å². The molecule has 0 aromatic rings. The number of hydrogen-bond donors (Lipinski definition) is 1. The average molecular weight is 299 g/mol. The van der Waals surface area contributed by atoms with Crippen molar-refractivity contribution in [3.63, 3.8) is 0 Å². The Hall–Kier alpha value is 0.274. The normalized spacial score (nSPS) is 11.7. The first-order chi connectivity index (χ1) is 7.27. The van der Waals surface area contributed by atoms with Gasteiger partial charge in [-0.2, -0.15) is 0 Å². The predicted octanol–water partition coefficient (Wildman–Crippen LogP) is 3.23. The van der Waals surface area contributed by atoms with Crippen LogP contribution in [0.4, 0.5) is 0 Å². The summed E-state index contributed by atoms with van der Waals surface area (Å²) in [6.07, 6.45) is 0.993. The Balaban J connectivity index is -0.00000112. The topological polar surface area (TPSA) is 47.9 Å². The fraction of sp³-hybridized carbons (Fsp3) is 1.00. The van der Waals surface area contributed by atoms with Crippen LogP contribution in [0.5, 0.6) is 0 Å². The molecule has 0 saturated heterocycles. The van der Waals surface area contributed by atoms with Crippen LogP contribution in [0.1, 0.15) is 21.3 Å². The highest BCUT2D eigenvalue weighted by atomic mass is 28.4. The lowest BCUT2D eigenvalue weighted by Crippen LogP contribution is -2.44. The summed E-state index contributed by atoms with van der Waals surface area (Å²) >= 11 is 0. The van der Waals surface area contributed by atoms with Gasteiger partial charge in [0.1, 0.15) is 0 Å². The Morgan fingerprint density at radius 2 is 1.50 bits per heavy atom. The number of rotatable bonds is 9. The zero-order valence-electron chi connectivity index (χ0n) is 11.2. The van der Waals surface area contributed by atoms with E-state index >= 15 is 0 Å². The molecule has 4 nitrogen and oxygen atoms in total. The third-order valence-corrected chi connectivity index (χ3v) is 7.79. The summed E-state index contributed by atoms with van der Waals surface area (Å²) in [6, 6.07) is 1.02. The van der Waals surface area contributed by atoms with Gasteiger partial charge in [0.2, 0.25) is 0 Å². The molecule has 0 bridgehead atoms. The van der Waals surface area contributed by atoms with Crippen LogP contribution in [-0.2, 0) is 13.6 Å². The highest BCUT2D eigenvalue weighted by molar-refractivity contribution is 6.81. The first kappa shape index (κ1) is 23.4. The molecular formula is C12H34O4Si2. The molecule has 0 aromatic heterocycles. The molecule has 0 aliphatic carbocycles. The van der Waals surface area contributed by atoms with E-state index in [2.05, 4.69) is 13.1 Å². The third kappa shape index (κ3) is 16.3. The second kappa shape index (κ2) is 11.1. The molecule has 6 heteroatoms. The highest BCUT2D eigenvalue weighted by Crippen LogP contribution is 2.18. The van der Waals surface area contributed by atoms with Crippen LogP contribution < -0.4 is 0 Å². The van der Waals surface area contributed by atoms with Gasteiger partial charge in [-0.05, 0) is 38.7 Å². The second-order valence-corrected chi connectivity index (χ2v) is 12.7. The van der Waals surface area contributed by atoms with E-state index in [-0.39, 0.29) is 14.9 Å². The number of ether oxygens (including phenoxy) is 2. The molecule has 0 fully saturated rings. The monoisotopic (exact) mass is 298 g/mol. The Morgan fingerprint density at radius 3 is 1.94 bits per heavy atom. The van der Waals surface area contributed by atoms with Crippen molar-refractivity contribution in [3.8, 4) is 0 Å². The maximum atomic E-state index is 9.73. The molecule has 0 spiro atoms. The summed E-state index contributed by atoms with van der Waals surface area (Å²) in [5.41, 5.74) is 0. The maximum absolute atomic E-state index is 9.73. The Morgan fingerprint density at radius 1 is 0.944 bits per heavy atom. The molecule has 114 valence electrons. The van der Waals surface area contributed by atoms with E-state index in [9.17, 15) is 4.80 Å². The van der Waals surface area contributed by atoms with Gasteiger partial charge in [-0.3, -0.25) is 0 Å². The van der Waals surface area contributed by atoms with Gasteiger partial charge in [-0.1, -0.05) is 14.9 Å². The fourth-order valence-corrected chi connectivity index (χ4v) is 8.38. The Labute approximate surface area is 116 Å². The predicted molar refractivity (Wildman–Crippen MR) is 83.8 cm³/mol. The molecule has 0 rings (SSSR count). The van der Waals surface area contributed by atoms with E-state index in [0.29, 0.717) is 13.2 Å². The van der Waals surface area contributed by atoms with E-state index in [0.717, 1.165) is 19.1 Å². The van der Waals surface area contributed by atoms with Crippen LogP contribution >= 0.6 is 0 Å². The molecule has 0 saturated carbocycles. The largest absolute Gasteiger partial charge is 0.436 e. The first-order valence-corrected chi connectivity index (χ1v) is 11.7. The van der Waals surface area contributed by atoms with E-state index in [4.69, 9.17) is 13.6 Å². The minimum Gasteiger partial charge on any atom is -0.436 e. The van der Waals surface area contributed by atoms with E-state index in [1.54, 1.807) is 7.11 Å². The van der Waals surface area contributed by atoms with E-state index < -0.39 is 16.9 Å². The molecule has 0 aliphatic heterocycles. The van der Waals surface area contributed by atoms with Crippen molar-refractivity contribution in [2.45, 2.75) is 53.5 Å². The molecule has 0 aromatic carbocycles. The third-order valence-electron chi connectivity index (χ3n) is 2.03. The van der Waals surface area contributed by atoms with Crippen LogP contribution in [0.3, 0.4) is 0 Å². The van der Waals surface area contributed by atoms with Crippen LogP contribution in [0, 0.1) is 0 Å². The van der Waals surface area contributed by atoms with Gasteiger partial charge in [-0.15, -0.1) is 0 Å². The second-order valence-electron chi connectivity index (χ2n) is 5.02. The van der Waals surface area contributed by atoms with Crippen molar-refractivity contribution < 1.29 is 18.4 Å². The molecule has 1 N–H and O–H groups in total. The smallest absolute Gasteiger partial charge is 0.318 e. The van der Waals surface area contributed by atoms with Gasteiger partial charge in [0, 0.05) is 13.7 Å². The van der Waals surface area contributed by atoms with Crippen molar-refractivity contribution in [2.75, 3.05) is 26.9 Å². The van der Waals surface area contributed by atoms with Crippen LogP contribution in [0.2, 0.25) is 32.2 Å². The zero-order valence-corrected chi connectivity index (χ0v) is 13.2. The van der Waals surface area contributed by atoms with Gasteiger partial charge >= 0.3 is 8.56 Å². The highest BCUT2D eigenvalue weighted by Gasteiger charge is 2.31. The molecular weight excluding hydrogens is 264 g/mol. The van der Waals surface area contributed by atoms with E-state index in [1.807, 2.05) is 13.1 Å². The summed E-state index contributed by atoms with van der Waals surface area (Å²) in [6.45, 7) is 9.97. The van der Waals surface area contributed by atoms with Gasteiger partial charge in [0.05, 0.1) is 13.2 Å². The minimum absolute atomic E-state index is 0. The quantitative estimate of drug-likeness (QED) is 0.524. The average Bonchev–Trinajstić information content (AvgIpc) is 2.06.